The molecule has 0 radical (unpaired) electrons. The van der Waals surface area contributed by atoms with Gasteiger partial charge in [0.05, 0.1) is 6.26 Å². The number of terminal acetylenes is 1. The molecule has 94 valence electrons. The molecule has 3 rings (SSSR count). The lowest BCUT2D eigenvalue weighted by molar-refractivity contribution is -0.117. The van der Waals surface area contributed by atoms with Crippen LogP contribution in [0.1, 0.15) is 6.42 Å². The van der Waals surface area contributed by atoms with Gasteiger partial charge >= 0.3 is 0 Å². The molecular weight excluding hydrogens is 242 g/mol. The summed E-state index contributed by atoms with van der Waals surface area (Å²) in [6.07, 6.45) is 8.89. The van der Waals surface area contributed by atoms with Gasteiger partial charge in [0.25, 0.3) is 0 Å². The first-order valence-corrected chi connectivity index (χ1v) is 5.91. The lowest BCUT2D eigenvalue weighted by Gasteiger charge is -2.13. The van der Waals surface area contributed by atoms with Crippen LogP contribution in [0, 0.1) is 18.3 Å². The second-order valence-electron chi connectivity index (χ2n) is 4.29. The van der Waals surface area contributed by atoms with Gasteiger partial charge in [-0.3, -0.25) is 9.69 Å². The quantitative estimate of drug-likeness (QED) is 0.765. The summed E-state index contributed by atoms with van der Waals surface area (Å²) in [7, 11) is 0. The normalized spacial score (nSPS) is 18.6. The zero-order chi connectivity index (χ0) is 13.2. The van der Waals surface area contributed by atoms with Crippen molar-refractivity contribution in [1.29, 1.82) is 0 Å². The Morgan fingerprint density at radius 3 is 3.05 bits per heavy atom. The van der Waals surface area contributed by atoms with Gasteiger partial charge in [-0.1, -0.05) is 0 Å². The van der Waals surface area contributed by atoms with Crippen molar-refractivity contribution in [3.05, 3.63) is 30.7 Å². The summed E-state index contributed by atoms with van der Waals surface area (Å²) in [5.74, 6) is 3.51. The van der Waals surface area contributed by atoms with Crippen LogP contribution in [0.2, 0.25) is 0 Å². The van der Waals surface area contributed by atoms with Crippen LogP contribution in [-0.4, -0.2) is 22.4 Å². The molecule has 1 saturated heterocycles. The maximum Gasteiger partial charge on any atom is 0.232 e. The average molecular weight is 253 g/mol. The minimum Gasteiger partial charge on any atom is -0.463 e. The molecule has 1 aliphatic heterocycles. The van der Waals surface area contributed by atoms with Crippen molar-refractivity contribution in [1.82, 2.24) is 9.97 Å². The maximum atomic E-state index is 11.9. The van der Waals surface area contributed by atoms with Gasteiger partial charge in [-0.15, -0.1) is 12.3 Å². The van der Waals surface area contributed by atoms with Crippen molar-refractivity contribution in [3.8, 4) is 23.8 Å². The Labute approximate surface area is 110 Å². The highest BCUT2D eigenvalue weighted by Gasteiger charge is 2.31. The molecule has 2 aromatic heterocycles. The third-order valence-electron chi connectivity index (χ3n) is 3.02. The molecule has 0 spiro atoms. The fraction of sp³-hybridized carbons (Fsp3) is 0.214. The van der Waals surface area contributed by atoms with Crippen molar-refractivity contribution in [2.75, 3.05) is 11.4 Å². The van der Waals surface area contributed by atoms with E-state index >= 15 is 0 Å². The van der Waals surface area contributed by atoms with Gasteiger partial charge in [0.2, 0.25) is 11.9 Å². The smallest absolute Gasteiger partial charge is 0.232 e. The molecule has 0 aromatic carbocycles. The molecule has 19 heavy (non-hydrogen) atoms. The van der Waals surface area contributed by atoms with E-state index in [-0.39, 0.29) is 11.8 Å². The summed E-state index contributed by atoms with van der Waals surface area (Å²) in [4.78, 5) is 21.9. The van der Waals surface area contributed by atoms with Crippen LogP contribution >= 0.6 is 0 Å². The van der Waals surface area contributed by atoms with E-state index in [2.05, 4.69) is 15.9 Å². The van der Waals surface area contributed by atoms with Crippen LogP contribution in [0.25, 0.3) is 11.5 Å². The zero-order valence-corrected chi connectivity index (χ0v) is 10.1. The number of hydrogen-bond acceptors (Lipinski definition) is 4. The van der Waals surface area contributed by atoms with Gasteiger partial charge < -0.3 is 4.42 Å². The van der Waals surface area contributed by atoms with Gasteiger partial charge in [-0.05, 0) is 18.2 Å². The molecule has 0 bridgehead atoms. The minimum atomic E-state index is -0.0663. The van der Waals surface area contributed by atoms with E-state index in [1.165, 1.54) is 4.90 Å². The Hall–Kier alpha value is -2.61. The maximum absolute atomic E-state index is 11.9. The van der Waals surface area contributed by atoms with Gasteiger partial charge in [-0.2, -0.15) is 0 Å². The van der Waals surface area contributed by atoms with Crippen LogP contribution in [0.15, 0.2) is 35.1 Å². The van der Waals surface area contributed by atoms with Gasteiger partial charge in [0.1, 0.15) is 5.69 Å². The third-order valence-corrected chi connectivity index (χ3v) is 3.02. The highest BCUT2D eigenvalue weighted by Crippen LogP contribution is 2.24. The number of furan rings is 1. The van der Waals surface area contributed by atoms with E-state index in [9.17, 15) is 4.79 Å². The van der Waals surface area contributed by atoms with Gasteiger partial charge in [-0.25, -0.2) is 9.97 Å². The highest BCUT2D eigenvalue weighted by molar-refractivity contribution is 5.94. The Kier molecular flexibility index (Phi) is 2.76. The van der Waals surface area contributed by atoms with Gasteiger partial charge in [0, 0.05) is 25.1 Å². The predicted molar refractivity (Wildman–Crippen MR) is 69.0 cm³/mol. The fourth-order valence-electron chi connectivity index (χ4n) is 2.05. The molecule has 1 unspecified atom stereocenters. The Balaban J connectivity index is 1.92. The van der Waals surface area contributed by atoms with Crippen LogP contribution in [0.4, 0.5) is 5.95 Å². The van der Waals surface area contributed by atoms with Crippen molar-refractivity contribution >= 4 is 11.9 Å². The number of anilines is 1. The van der Waals surface area contributed by atoms with Gasteiger partial charge in [0.15, 0.2) is 5.76 Å². The van der Waals surface area contributed by atoms with E-state index in [0.29, 0.717) is 30.4 Å². The first-order valence-electron chi connectivity index (χ1n) is 5.91. The Morgan fingerprint density at radius 1 is 1.47 bits per heavy atom. The molecule has 0 N–H and O–H groups in total. The second kappa shape index (κ2) is 4.58. The molecule has 5 nitrogen and oxygen atoms in total. The van der Waals surface area contributed by atoms with E-state index in [1.54, 1.807) is 24.6 Å². The number of rotatable bonds is 2. The van der Waals surface area contributed by atoms with Crippen LogP contribution in [-0.2, 0) is 4.79 Å². The molecule has 2 aromatic rings. The number of aromatic nitrogens is 2. The topological polar surface area (TPSA) is 59.2 Å². The summed E-state index contributed by atoms with van der Waals surface area (Å²) >= 11 is 0. The Morgan fingerprint density at radius 2 is 2.37 bits per heavy atom. The van der Waals surface area contributed by atoms with Crippen LogP contribution < -0.4 is 4.90 Å². The monoisotopic (exact) mass is 253 g/mol. The summed E-state index contributed by atoms with van der Waals surface area (Å²) in [6, 6.07) is 5.33. The predicted octanol–water partition coefficient (Wildman–Crippen LogP) is 1.72. The van der Waals surface area contributed by atoms with E-state index < -0.39 is 0 Å². The Bertz CT molecular complexity index is 643. The largest absolute Gasteiger partial charge is 0.463 e. The first kappa shape index (κ1) is 11.5. The molecule has 5 heteroatoms. The summed E-state index contributed by atoms with van der Waals surface area (Å²) in [5.41, 5.74) is 0.645. The second-order valence-corrected chi connectivity index (χ2v) is 4.29. The van der Waals surface area contributed by atoms with Crippen molar-refractivity contribution in [2.45, 2.75) is 6.42 Å². The lowest BCUT2D eigenvalue weighted by Crippen LogP contribution is -2.26. The van der Waals surface area contributed by atoms with Crippen molar-refractivity contribution < 1.29 is 9.21 Å². The van der Waals surface area contributed by atoms with Crippen LogP contribution in [0.5, 0.6) is 0 Å². The number of nitrogens with zero attached hydrogens (tertiary/aromatic N) is 3. The number of carbonyl (C=O) groups is 1. The summed E-state index contributed by atoms with van der Waals surface area (Å²) in [6.45, 7) is 0.469. The average Bonchev–Trinajstić information content (AvgIpc) is 3.08. The third kappa shape index (κ3) is 2.08. The molecule has 0 aliphatic carbocycles. The van der Waals surface area contributed by atoms with E-state index in [4.69, 9.17) is 10.8 Å². The highest BCUT2D eigenvalue weighted by atomic mass is 16.3. The van der Waals surface area contributed by atoms with Crippen molar-refractivity contribution in [2.24, 2.45) is 5.92 Å². The number of amides is 1. The van der Waals surface area contributed by atoms with Crippen LogP contribution in [0.3, 0.4) is 0 Å². The molecular formula is C14H11N3O2. The minimum absolute atomic E-state index is 0.0421. The number of carbonyl (C=O) groups excluding carboxylic acids is 1. The molecule has 1 fully saturated rings. The summed E-state index contributed by atoms with van der Waals surface area (Å²) < 4.78 is 5.28. The SMILES string of the molecule is C#CC1CC(=O)N(c2nccc(-c3ccco3)n2)C1. The molecule has 0 saturated carbocycles. The standard InChI is InChI=1S/C14H11N3O2/c1-2-10-8-13(18)17(9-10)14-15-6-5-11(16-14)12-4-3-7-19-12/h1,3-7,10H,8-9H2. The van der Waals surface area contributed by atoms with Crippen molar-refractivity contribution in [3.63, 3.8) is 0 Å². The fourth-order valence-corrected chi connectivity index (χ4v) is 2.05. The van der Waals surface area contributed by atoms with E-state index in [0.717, 1.165) is 0 Å². The number of hydrogen-bond donors (Lipinski definition) is 0. The molecule has 1 aliphatic rings. The first-order chi connectivity index (χ1) is 9.28. The van der Waals surface area contributed by atoms with E-state index in [1.807, 2.05) is 6.07 Å². The molecule has 3 heterocycles. The zero-order valence-electron chi connectivity index (χ0n) is 10.1. The summed E-state index contributed by atoms with van der Waals surface area (Å²) in [5, 5.41) is 0. The molecule has 1 atom stereocenters. The lowest BCUT2D eigenvalue weighted by atomic mass is 10.1. The molecule has 1 amide bonds.